The van der Waals surface area contributed by atoms with Gasteiger partial charge in [0, 0.05) is 50.7 Å². The van der Waals surface area contributed by atoms with Gasteiger partial charge in [-0.3, -0.25) is 14.5 Å². The molecule has 6 nitrogen and oxygen atoms in total. The van der Waals surface area contributed by atoms with E-state index in [1.165, 1.54) is 18.5 Å². The van der Waals surface area contributed by atoms with Gasteiger partial charge >= 0.3 is 0 Å². The fourth-order valence-corrected chi connectivity index (χ4v) is 2.88. The van der Waals surface area contributed by atoms with E-state index in [-0.39, 0.29) is 16.9 Å². The Hall–Kier alpha value is -1.66. The number of hydrogen-bond donors (Lipinski definition) is 2. The predicted octanol–water partition coefficient (Wildman–Crippen LogP) is 0.260. The number of aromatic amines is 1. The number of nitrogens with one attached hydrogen (secondary N) is 1. The summed E-state index contributed by atoms with van der Waals surface area (Å²) in [5, 5.41) is 0. The lowest BCUT2D eigenvalue weighted by Crippen LogP contribution is -2.52. The molecule has 116 valence electrons. The van der Waals surface area contributed by atoms with Gasteiger partial charge in [0.05, 0.1) is 0 Å². The zero-order valence-electron chi connectivity index (χ0n) is 12.5. The van der Waals surface area contributed by atoms with Crippen LogP contribution in [0.15, 0.2) is 23.3 Å². The fraction of sp³-hybridized carbons (Fsp3) is 0.600. The molecule has 0 aromatic carbocycles. The van der Waals surface area contributed by atoms with E-state index < -0.39 is 0 Å². The number of rotatable bonds is 5. The van der Waals surface area contributed by atoms with Gasteiger partial charge in [0.25, 0.3) is 5.91 Å². The molecule has 1 saturated heterocycles. The van der Waals surface area contributed by atoms with Crippen LogP contribution >= 0.6 is 0 Å². The molecule has 0 aliphatic carbocycles. The number of carbonyl (C=O) groups is 1. The molecular weight excluding hydrogens is 268 g/mol. The molecule has 2 heterocycles. The molecule has 21 heavy (non-hydrogen) atoms. The third-order valence-corrected chi connectivity index (χ3v) is 4.14. The second kappa shape index (κ2) is 7.38. The van der Waals surface area contributed by atoms with Crippen LogP contribution < -0.4 is 11.2 Å². The molecule has 1 aliphatic rings. The van der Waals surface area contributed by atoms with E-state index in [0.717, 1.165) is 25.9 Å². The number of H-pyrrole nitrogens is 1. The van der Waals surface area contributed by atoms with Gasteiger partial charge in [-0.2, -0.15) is 0 Å². The fourth-order valence-electron chi connectivity index (χ4n) is 2.88. The number of carbonyl (C=O) groups excluding carboxylic acids is 1. The average molecular weight is 292 g/mol. The van der Waals surface area contributed by atoms with Gasteiger partial charge < -0.3 is 15.6 Å². The summed E-state index contributed by atoms with van der Waals surface area (Å²) < 4.78 is 0. The lowest BCUT2D eigenvalue weighted by Gasteiger charge is -2.39. The van der Waals surface area contributed by atoms with Crippen LogP contribution in [0.3, 0.4) is 0 Å². The van der Waals surface area contributed by atoms with E-state index in [0.29, 0.717) is 25.7 Å². The van der Waals surface area contributed by atoms with E-state index in [9.17, 15) is 9.59 Å². The molecule has 1 aliphatic heterocycles. The van der Waals surface area contributed by atoms with Crippen LogP contribution in [0.2, 0.25) is 0 Å². The molecule has 1 aromatic rings. The zero-order valence-corrected chi connectivity index (χ0v) is 12.5. The van der Waals surface area contributed by atoms with Gasteiger partial charge in [-0.15, -0.1) is 0 Å². The Balaban J connectivity index is 1.96. The maximum Gasteiger partial charge on any atom is 0.259 e. The molecule has 1 unspecified atom stereocenters. The topological polar surface area (TPSA) is 82.4 Å². The van der Waals surface area contributed by atoms with E-state index in [1.54, 1.807) is 4.90 Å². The first-order valence-electron chi connectivity index (χ1n) is 7.57. The third kappa shape index (κ3) is 3.71. The van der Waals surface area contributed by atoms with Crippen molar-refractivity contribution in [3.8, 4) is 0 Å². The smallest absolute Gasteiger partial charge is 0.259 e. The van der Waals surface area contributed by atoms with E-state index in [1.807, 2.05) is 0 Å². The molecule has 0 radical (unpaired) electrons. The van der Waals surface area contributed by atoms with Crippen molar-refractivity contribution in [2.45, 2.75) is 25.8 Å². The van der Waals surface area contributed by atoms with Gasteiger partial charge in [-0.1, -0.05) is 6.92 Å². The van der Waals surface area contributed by atoms with Crippen molar-refractivity contribution in [3.05, 3.63) is 34.2 Å². The molecule has 6 heteroatoms. The van der Waals surface area contributed by atoms with Gasteiger partial charge in [-0.05, 0) is 19.4 Å². The number of aromatic nitrogens is 1. The standard InChI is InChI=1S/C15H24N4O2/c1-2-12(3-5-16)18-7-9-19(10-8-18)15(21)13-11-17-6-4-14(13)20/h4,6,11-12H,2-3,5,7-10,16H2,1H3,(H,17,20). The number of amides is 1. The molecule has 1 aromatic heterocycles. The monoisotopic (exact) mass is 292 g/mol. The molecule has 2 rings (SSSR count). The maximum atomic E-state index is 12.4. The lowest BCUT2D eigenvalue weighted by atomic mass is 10.1. The quantitative estimate of drug-likeness (QED) is 0.815. The van der Waals surface area contributed by atoms with Crippen molar-refractivity contribution in [3.63, 3.8) is 0 Å². The Morgan fingerprint density at radius 2 is 2.10 bits per heavy atom. The van der Waals surface area contributed by atoms with E-state index in [4.69, 9.17) is 5.73 Å². The predicted molar refractivity (Wildman–Crippen MR) is 82.3 cm³/mol. The Kier molecular flexibility index (Phi) is 5.52. The van der Waals surface area contributed by atoms with Crippen molar-refractivity contribution < 1.29 is 4.79 Å². The SMILES string of the molecule is CCC(CCN)N1CCN(C(=O)c2c[nH]ccc2=O)CC1. The van der Waals surface area contributed by atoms with Crippen LogP contribution in [0.5, 0.6) is 0 Å². The van der Waals surface area contributed by atoms with Crippen LogP contribution in [0.4, 0.5) is 0 Å². The summed E-state index contributed by atoms with van der Waals surface area (Å²) in [6.45, 7) is 5.87. The van der Waals surface area contributed by atoms with Gasteiger partial charge in [-0.25, -0.2) is 0 Å². The van der Waals surface area contributed by atoms with Crippen molar-refractivity contribution in [2.24, 2.45) is 5.73 Å². The second-order valence-electron chi connectivity index (χ2n) is 5.39. The Morgan fingerprint density at radius 3 is 2.67 bits per heavy atom. The molecule has 0 saturated carbocycles. The minimum absolute atomic E-state index is 0.177. The molecule has 0 bridgehead atoms. The highest BCUT2D eigenvalue weighted by Crippen LogP contribution is 2.13. The van der Waals surface area contributed by atoms with E-state index >= 15 is 0 Å². The summed E-state index contributed by atoms with van der Waals surface area (Å²) in [6, 6.07) is 1.88. The number of hydrogen-bond acceptors (Lipinski definition) is 4. The van der Waals surface area contributed by atoms with Crippen molar-refractivity contribution in [1.29, 1.82) is 0 Å². The van der Waals surface area contributed by atoms with Crippen LogP contribution in [0, 0.1) is 0 Å². The summed E-state index contributed by atoms with van der Waals surface area (Å²) in [4.78, 5) is 31.0. The first-order valence-corrected chi connectivity index (χ1v) is 7.57. The minimum atomic E-state index is -0.226. The van der Waals surface area contributed by atoms with Crippen LogP contribution in [-0.2, 0) is 0 Å². The largest absolute Gasteiger partial charge is 0.367 e. The van der Waals surface area contributed by atoms with Crippen molar-refractivity contribution in [1.82, 2.24) is 14.8 Å². The van der Waals surface area contributed by atoms with Gasteiger partial charge in [0.2, 0.25) is 0 Å². The second-order valence-corrected chi connectivity index (χ2v) is 5.39. The molecule has 3 N–H and O–H groups in total. The number of pyridine rings is 1. The summed E-state index contributed by atoms with van der Waals surface area (Å²) in [5.41, 5.74) is 5.65. The third-order valence-electron chi connectivity index (χ3n) is 4.14. The number of nitrogens with two attached hydrogens (primary N) is 1. The number of piperazine rings is 1. The summed E-state index contributed by atoms with van der Waals surface area (Å²) >= 11 is 0. The molecule has 1 amide bonds. The van der Waals surface area contributed by atoms with Crippen LogP contribution in [-0.4, -0.2) is 59.5 Å². The maximum absolute atomic E-state index is 12.4. The first kappa shape index (κ1) is 15.7. The molecule has 1 fully saturated rings. The average Bonchev–Trinajstić information content (AvgIpc) is 2.52. The Bertz CT molecular complexity index is 520. The zero-order chi connectivity index (χ0) is 15.2. The van der Waals surface area contributed by atoms with Gasteiger partial charge in [0.1, 0.15) is 5.56 Å². The Morgan fingerprint density at radius 1 is 1.38 bits per heavy atom. The molecular formula is C15H24N4O2. The first-order chi connectivity index (χ1) is 10.2. The minimum Gasteiger partial charge on any atom is -0.367 e. The highest BCUT2D eigenvalue weighted by Gasteiger charge is 2.26. The van der Waals surface area contributed by atoms with Crippen LogP contribution in [0.25, 0.3) is 0 Å². The van der Waals surface area contributed by atoms with Gasteiger partial charge in [0.15, 0.2) is 5.43 Å². The summed E-state index contributed by atoms with van der Waals surface area (Å²) in [5.74, 6) is -0.177. The van der Waals surface area contributed by atoms with Crippen molar-refractivity contribution in [2.75, 3.05) is 32.7 Å². The van der Waals surface area contributed by atoms with E-state index in [2.05, 4.69) is 16.8 Å². The highest BCUT2D eigenvalue weighted by atomic mass is 16.2. The molecule has 0 spiro atoms. The normalized spacial score (nSPS) is 17.7. The highest BCUT2D eigenvalue weighted by molar-refractivity contribution is 5.93. The lowest BCUT2D eigenvalue weighted by molar-refractivity contribution is 0.0555. The van der Waals surface area contributed by atoms with Crippen molar-refractivity contribution >= 4 is 5.91 Å². The summed E-state index contributed by atoms with van der Waals surface area (Å²) in [6.07, 6.45) is 5.09. The number of nitrogens with zero attached hydrogens (tertiary/aromatic N) is 2. The Labute approximate surface area is 124 Å². The van der Waals surface area contributed by atoms with Crippen LogP contribution in [0.1, 0.15) is 30.1 Å². The molecule has 1 atom stereocenters. The summed E-state index contributed by atoms with van der Waals surface area (Å²) in [7, 11) is 0.